The smallest absolute Gasteiger partial charge is 0.123 e. The van der Waals surface area contributed by atoms with Gasteiger partial charge in [0, 0.05) is 16.7 Å². The van der Waals surface area contributed by atoms with Gasteiger partial charge in [0.1, 0.15) is 5.82 Å². The third-order valence-electron chi connectivity index (χ3n) is 3.17. The van der Waals surface area contributed by atoms with Gasteiger partial charge < -0.3 is 10.4 Å². The molecule has 0 heterocycles. The van der Waals surface area contributed by atoms with Gasteiger partial charge in [-0.1, -0.05) is 35.0 Å². The van der Waals surface area contributed by atoms with Gasteiger partial charge in [0.05, 0.1) is 6.10 Å². The Morgan fingerprint density at radius 3 is 2.75 bits per heavy atom. The fraction of sp³-hybridized carbons (Fsp3) is 0.250. The maximum Gasteiger partial charge on any atom is 0.123 e. The van der Waals surface area contributed by atoms with Crippen molar-refractivity contribution in [3.8, 4) is 0 Å². The van der Waals surface area contributed by atoms with Crippen molar-refractivity contribution in [2.24, 2.45) is 0 Å². The fourth-order valence-electron chi connectivity index (χ4n) is 2.07. The lowest BCUT2D eigenvalue weighted by atomic mass is 10.1. The van der Waals surface area contributed by atoms with Crippen molar-refractivity contribution >= 4 is 21.6 Å². The lowest BCUT2D eigenvalue weighted by Gasteiger charge is -2.15. The molecular formula is C16H17BrFNO. The van der Waals surface area contributed by atoms with E-state index in [1.807, 2.05) is 12.1 Å². The van der Waals surface area contributed by atoms with E-state index in [1.165, 1.54) is 17.7 Å². The number of nitrogens with one attached hydrogen (secondary N) is 1. The zero-order chi connectivity index (χ0) is 14.5. The van der Waals surface area contributed by atoms with Crippen molar-refractivity contribution in [1.29, 1.82) is 0 Å². The molecule has 0 radical (unpaired) electrons. The van der Waals surface area contributed by atoms with E-state index in [-0.39, 0.29) is 5.82 Å². The van der Waals surface area contributed by atoms with Crippen molar-refractivity contribution in [3.63, 3.8) is 0 Å². The summed E-state index contributed by atoms with van der Waals surface area (Å²) in [6, 6.07) is 12.0. The molecule has 1 unspecified atom stereocenters. The van der Waals surface area contributed by atoms with Crippen molar-refractivity contribution < 1.29 is 9.50 Å². The first-order chi connectivity index (χ1) is 9.60. The van der Waals surface area contributed by atoms with Crippen molar-refractivity contribution in [3.05, 3.63) is 63.9 Å². The van der Waals surface area contributed by atoms with Gasteiger partial charge in [-0.2, -0.15) is 0 Å². The van der Waals surface area contributed by atoms with E-state index < -0.39 is 6.10 Å². The van der Waals surface area contributed by atoms with Crippen LogP contribution in [0.5, 0.6) is 0 Å². The van der Waals surface area contributed by atoms with Gasteiger partial charge in [-0.05, 0) is 47.9 Å². The fourth-order valence-corrected chi connectivity index (χ4v) is 2.47. The average Bonchev–Trinajstić information content (AvgIpc) is 2.45. The van der Waals surface area contributed by atoms with Crippen LogP contribution in [0.4, 0.5) is 10.1 Å². The summed E-state index contributed by atoms with van der Waals surface area (Å²) in [7, 11) is 0. The monoisotopic (exact) mass is 337 g/mol. The molecule has 0 aromatic heterocycles. The Balaban J connectivity index is 2.05. The van der Waals surface area contributed by atoms with E-state index in [9.17, 15) is 9.50 Å². The van der Waals surface area contributed by atoms with Crippen LogP contribution in [-0.4, -0.2) is 11.7 Å². The molecule has 0 fully saturated rings. The van der Waals surface area contributed by atoms with Crippen LogP contribution in [0.15, 0.2) is 46.9 Å². The van der Waals surface area contributed by atoms with Crippen LogP contribution in [0.25, 0.3) is 0 Å². The van der Waals surface area contributed by atoms with Crippen LogP contribution in [0.1, 0.15) is 24.2 Å². The largest absolute Gasteiger partial charge is 0.387 e. The van der Waals surface area contributed by atoms with Crippen LogP contribution in [0.3, 0.4) is 0 Å². The molecule has 2 aromatic rings. The van der Waals surface area contributed by atoms with Crippen molar-refractivity contribution in [2.75, 3.05) is 11.9 Å². The molecular weight excluding hydrogens is 321 g/mol. The van der Waals surface area contributed by atoms with Crippen molar-refractivity contribution in [1.82, 2.24) is 0 Å². The van der Waals surface area contributed by atoms with Gasteiger partial charge in [-0.25, -0.2) is 4.39 Å². The van der Waals surface area contributed by atoms with E-state index >= 15 is 0 Å². The summed E-state index contributed by atoms with van der Waals surface area (Å²) in [5.74, 6) is -0.334. The molecule has 20 heavy (non-hydrogen) atoms. The number of rotatable bonds is 5. The van der Waals surface area contributed by atoms with E-state index in [0.717, 1.165) is 16.6 Å². The number of hydrogen-bond donors (Lipinski definition) is 2. The van der Waals surface area contributed by atoms with Gasteiger partial charge >= 0.3 is 0 Å². The Bertz CT molecular complexity index is 588. The van der Waals surface area contributed by atoms with Crippen LogP contribution in [0.2, 0.25) is 0 Å². The molecule has 0 aliphatic rings. The maximum atomic E-state index is 13.1. The minimum atomic E-state index is -0.737. The van der Waals surface area contributed by atoms with Crippen LogP contribution in [-0.2, 0) is 6.42 Å². The Morgan fingerprint density at radius 2 is 2.05 bits per heavy atom. The van der Waals surface area contributed by atoms with Crippen LogP contribution >= 0.6 is 15.9 Å². The number of aliphatic hydroxyl groups excluding tert-OH is 1. The van der Waals surface area contributed by atoms with Gasteiger partial charge in [-0.15, -0.1) is 0 Å². The lowest BCUT2D eigenvalue weighted by Crippen LogP contribution is -2.13. The first-order valence-electron chi connectivity index (χ1n) is 6.56. The molecule has 0 aliphatic heterocycles. The molecule has 2 N–H and O–H groups in total. The first kappa shape index (κ1) is 15.0. The minimum absolute atomic E-state index is 0.334. The Kier molecular flexibility index (Phi) is 5.15. The Labute approximate surface area is 126 Å². The standard InChI is InChI=1S/C16H17BrFNO/c1-2-11-8-13(17)6-7-15(11)19-10-16(20)12-4-3-5-14(18)9-12/h3-9,16,19-20H,2,10H2,1H3. The summed E-state index contributed by atoms with van der Waals surface area (Å²) in [6.07, 6.45) is 0.164. The van der Waals surface area contributed by atoms with Gasteiger partial charge in [0.15, 0.2) is 0 Å². The van der Waals surface area contributed by atoms with E-state index in [1.54, 1.807) is 12.1 Å². The second-order valence-corrected chi connectivity index (χ2v) is 5.52. The molecule has 0 saturated carbocycles. The molecule has 0 amide bonds. The summed E-state index contributed by atoms with van der Waals surface area (Å²) < 4.78 is 14.2. The van der Waals surface area contributed by atoms with E-state index in [4.69, 9.17) is 0 Å². The molecule has 2 aromatic carbocycles. The molecule has 0 spiro atoms. The predicted molar refractivity (Wildman–Crippen MR) is 83.4 cm³/mol. The van der Waals surface area contributed by atoms with Crippen LogP contribution in [0, 0.1) is 5.82 Å². The molecule has 0 saturated heterocycles. The zero-order valence-electron chi connectivity index (χ0n) is 11.2. The van der Waals surface area contributed by atoms with Crippen LogP contribution < -0.4 is 5.32 Å². The SMILES string of the molecule is CCc1cc(Br)ccc1NCC(O)c1cccc(F)c1. The Hall–Kier alpha value is -1.39. The number of anilines is 1. The predicted octanol–water partition coefficient (Wildman–Crippen LogP) is 4.30. The lowest BCUT2D eigenvalue weighted by molar-refractivity contribution is 0.191. The van der Waals surface area contributed by atoms with E-state index in [2.05, 4.69) is 34.2 Å². The highest BCUT2D eigenvalue weighted by Gasteiger charge is 2.09. The zero-order valence-corrected chi connectivity index (χ0v) is 12.8. The molecule has 2 rings (SSSR count). The van der Waals surface area contributed by atoms with E-state index in [0.29, 0.717) is 12.1 Å². The molecule has 1 atom stereocenters. The molecule has 106 valence electrons. The summed E-state index contributed by atoms with van der Waals surface area (Å²) in [5.41, 5.74) is 2.74. The average molecular weight is 338 g/mol. The number of hydrogen-bond acceptors (Lipinski definition) is 2. The highest BCUT2D eigenvalue weighted by Crippen LogP contribution is 2.23. The number of aliphatic hydroxyl groups is 1. The minimum Gasteiger partial charge on any atom is -0.387 e. The van der Waals surface area contributed by atoms with Gasteiger partial charge in [0.2, 0.25) is 0 Å². The maximum absolute atomic E-state index is 13.1. The highest BCUT2D eigenvalue weighted by molar-refractivity contribution is 9.10. The van der Waals surface area contributed by atoms with Gasteiger partial charge in [-0.3, -0.25) is 0 Å². The third-order valence-corrected chi connectivity index (χ3v) is 3.66. The van der Waals surface area contributed by atoms with Gasteiger partial charge in [0.25, 0.3) is 0 Å². The highest BCUT2D eigenvalue weighted by atomic mass is 79.9. The molecule has 2 nitrogen and oxygen atoms in total. The summed E-state index contributed by atoms with van der Waals surface area (Å²) in [5, 5.41) is 13.3. The second kappa shape index (κ2) is 6.86. The number of aryl methyl sites for hydroxylation is 1. The Morgan fingerprint density at radius 1 is 1.25 bits per heavy atom. The van der Waals surface area contributed by atoms with Crippen molar-refractivity contribution in [2.45, 2.75) is 19.4 Å². The molecule has 4 heteroatoms. The number of halogens is 2. The third kappa shape index (κ3) is 3.81. The summed E-state index contributed by atoms with van der Waals surface area (Å²) in [6.45, 7) is 2.42. The topological polar surface area (TPSA) is 32.3 Å². The molecule has 0 bridgehead atoms. The quantitative estimate of drug-likeness (QED) is 0.852. The molecule has 0 aliphatic carbocycles. The summed E-state index contributed by atoms with van der Waals surface area (Å²) >= 11 is 3.44. The summed E-state index contributed by atoms with van der Waals surface area (Å²) in [4.78, 5) is 0. The first-order valence-corrected chi connectivity index (χ1v) is 7.35. The second-order valence-electron chi connectivity index (χ2n) is 4.61. The normalized spacial score (nSPS) is 12.2. The number of benzene rings is 2.